The third kappa shape index (κ3) is 4.30. The second-order valence-electron chi connectivity index (χ2n) is 6.11. The van der Waals surface area contributed by atoms with Gasteiger partial charge in [-0.1, -0.05) is 42.4 Å². The molecule has 2 N–H and O–H groups in total. The van der Waals surface area contributed by atoms with Crippen molar-refractivity contribution in [2.45, 2.75) is 6.42 Å². The van der Waals surface area contributed by atoms with Crippen LogP contribution in [0.1, 0.15) is 15.9 Å². The minimum Gasteiger partial charge on any atom is -0.477 e. The van der Waals surface area contributed by atoms with Crippen LogP contribution < -0.4 is 15.8 Å². The Balaban J connectivity index is 2.00. The van der Waals surface area contributed by atoms with Gasteiger partial charge in [0.15, 0.2) is 0 Å². The van der Waals surface area contributed by atoms with Crippen LogP contribution in [-0.4, -0.2) is 35.9 Å². The van der Waals surface area contributed by atoms with Gasteiger partial charge in [-0.2, -0.15) is 0 Å². The molecule has 0 atom stereocenters. The summed E-state index contributed by atoms with van der Waals surface area (Å²) >= 11 is 6.03. The number of carboxylic acid groups (broad SMARTS) is 1. The zero-order valence-electron chi connectivity index (χ0n) is 15.3. The standard InChI is InChI=1S/C22H18ClN3O2/c1-14-18-7-6-16(22(27)28)13-20(18)26-21(19(14)9-10-24-2)25-11-8-15-4-3-5-17(23)12-15/h3-5,9-10,12-13H,1,8,11H2,2H3,(H,25,26)(H,27,28)/b19-9+,24-10-. The Morgan fingerprint density at radius 2 is 2.21 bits per heavy atom. The maximum Gasteiger partial charge on any atom is 0.344 e. The first-order valence-corrected chi connectivity index (χ1v) is 8.98. The number of carboxylic acids is 1. The van der Waals surface area contributed by atoms with Gasteiger partial charge in [-0.15, -0.1) is 0 Å². The molecule has 2 aromatic carbocycles. The fraction of sp³-hybridized carbons (Fsp3) is 0.136. The van der Waals surface area contributed by atoms with Gasteiger partial charge in [0.25, 0.3) is 0 Å². The van der Waals surface area contributed by atoms with Crippen molar-refractivity contribution in [3.63, 3.8) is 0 Å². The Hall–Kier alpha value is -3.36. The fourth-order valence-electron chi connectivity index (χ4n) is 2.81. The number of nitrogens with one attached hydrogen (secondary N) is 1. The van der Waals surface area contributed by atoms with E-state index in [1.165, 1.54) is 6.07 Å². The van der Waals surface area contributed by atoms with Crippen LogP contribution in [0.25, 0.3) is 23.6 Å². The van der Waals surface area contributed by atoms with Crippen molar-refractivity contribution < 1.29 is 9.90 Å². The van der Waals surface area contributed by atoms with E-state index in [0.717, 1.165) is 17.2 Å². The van der Waals surface area contributed by atoms with Crippen molar-refractivity contribution in [3.05, 3.63) is 69.1 Å². The highest BCUT2D eigenvalue weighted by molar-refractivity contribution is 6.30. The van der Waals surface area contributed by atoms with E-state index in [1.807, 2.05) is 30.3 Å². The van der Waals surface area contributed by atoms with Crippen LogP contribution in [0.5, 0.6) is 0 Å². The summed E-state index contributed by atoms with van der Waals surface area (Å²) in [5.41, 5.74) is 1.61. The summed E-state index contributed by atoms with van der Waals surface area (Å²) in [5, 5.41) is 15.3. The predicted octanol–water partition coefficient (Wildman–Crippen LogP) is 2.73. The molecule has 0 bridgehead atoms. The quantitative estimate of drug-likeness (QED) is 0.633. The number of hydrogen-bond donors (Lipinski definition) is 2. The molecule has 140 valence electrons. The summed E-state index contributed by atoms with van der Waals surface area (Å²) in [6.07, 6.45) is 4.23. The first kappa shape index (κ1) is 19.4. The minimum absolute atomic E-state index is 0.0103. The molecule has 3 rings (SSSR count). The number of anilines is 1. The van der Waals surface area contributed by atoms with Crippen LogP contribution in [0.15, 0.2) is 35.3 Å². The number of halogens is 1. The van der Waals surface area contributed by atoms with E-state index in [9.17, 15) is 9.90 Å². The van der Waals surface area contributed by atoms with Crippen LogP contribution in [0.4, 0.5) is 5.82 Å². The number of benzene rings is 1. The van der Waals surface area contributed by atoms with Gasteiger partial charge in [0.05, 0.1) is 10.9 Å². The molecule has 3 aromatic rings. The van der Waals surface area contributed by atoms with E-state index >= 15 is 0 Å². The van der Waals surface area contributed by atoms with Crippen LogP contribution in [-0.2, 0) is 6.42 Å². The maximum absolute atomic E-state index is 11.2. The first-order valence-electron chi connectivity index (χ1n) is 8.60. The average molecular weight is 392 g/mol. The molecule has 0 fully saturated rings. The Morgan fingerprint density at radius 3 is 2.93 bits per heavy atom. The summed E-state index contributed by atoms with van der Waals surface area (Å²) in [6, 6.07) is 14.7. The topological polar surface area (TPSA) is 74.6 Å². The highest BCUT2D eigenvalue weighted by Gasteiger charge is 2.08. The molecule has 1 heterocycles. The molecule has 0 unspecified atom stereocenters. The van der Waals surface area contributed by atoms with E-state index in [2.05, 4.69) is 34.0 Å². The van der Waals surface area contributed by atoms with Gasteiger partial charge in [-0.25, -0.2) is 9.78 Å². The smallest absolute Gasteiger partial charge is 0.344 e. The molecular formula is C22H18ClN3O2. The van der Waals surface area contributed by atoms with Crippen LogP contribution in [0.3, 0.4) is 0 Å². The van der Waals surface area contributed by atoms with E-state index in [-0.39, 0.29) is 5.56 Å². The molecule has 0 aliphatic carbocycles. The lowest BCUT2D eigenvalue weighted by Crippen LogP contribution is -2.30. The Kier molecular flexibility index (Phi) is 5.93. The van der Waals surface area contributed by atoms with Crippen LogP contribution in [0, 0.1) is 12.1 Å². The molecule has 0 saturated heterocycles. The summed E-state index contributed by atoms with van der Waals surface area (Å²) in [4.78, 5) is 19.8. The molecule has 1 aromatic heterocycles. The van der Waals surface area contributed by atoms with Gasteiger partial charge >= 0.3 is 5.97 Å². The summed E-state index contributed by atoms with van der Waals surface area (Å²) in [5.74, 6) is -0.467. The first-order chi connectivity index (χ1) is 13.5. The van der Waals surface area contributed by atoms with Gasteiger partial charge < -0.3 is 10.4 Å². The Labute approximate surface area is 167 Å². The third-order valence-electron chi connectivity index (χ3n) is 4.19. The lowest BCUT2D eigenvalue weighted by Gasteiger charge is -2.09. The van der Waals surface area contributed by atoms with E-state index in [1.54, 1.807) is 13.3 Å². The molecule has 5 nitrogen and oxygen atoms in total. The van der Waals surface area contributed by atoms with Gasteiger partial charge in [0, 0.05) is 30.0 Å². The highest BCUT2D eigenvalue weighted by Crippen LogP contribution is 2.12. The number of nitrogens with zero attached hydrogens (tertiary/aromatic N) is 2. The molecule has 0 radical (unpaired) electrons. The molecule has 0 amide bonds. The van der Waals surface area contributed by atoms with Crippen molar-refractivity contribution in [2.75, 3.05) is 18.9 Å². The van der Waals surface area contributed by atoms with Crippen molar-refractivity contribution in [1.29, 1.82) is 0 Å². The molecule has 28 heavy (non-hydrogen) atoms. The number of hydrogen-bond acceptors (Lipinski definition) is 4. The van der Waals surface area contributed by atoms with E-state index < -0.39 is 5.97 Å². The van der Waals surface area contributed by atoms with E-state index in [0.29, 0.717) is 33.5 Å². The normalized spacial score (nSPS) is 11.7. The third-order valence-corrected chi connectivity index (χ3v) is 4.42. The Bertz CT molecular complexity index is 1170. The summed E-state index contributed by atoms with van der Waals surface area (Å²) in [7, 11) is 1.68. The number of aromatic carboxylic acids is 1. The second-order valence-corrected chi connectivity index (χ2v) is 6.54. The minimum atomic E-state index is -1.07. The largest absolute Gasteiger partial charge is 0.477 e. The number of aromatic nitrogens is 1. The van der Waals surface area contributed by atoms with Gasteiger partial charge in [0.2, 0.25) is 0 Å². The second kappa shape index (κ2) is 8.55. The van der Waals surface area contributed by atoms with Gasteiger partial charge in [-0.3, -0.25) is 4.99 Å². The van der Waals surface area contributed by atoms with Crippen molar-refractivity contribution in [1.82, 2.24) is 4.98 Å². The predicted molar refractivity (Wildman–Crippen MR) is 114 cm³/mol. The molecule has 6 heteroatoms. The average Bonchev–Trinajstić information content (AvgIpc) is 2.67. The lowest BCUT2D eigenvalue weighted by atomic mass is 10.1. The highest BCUT2D eigenvalue weighted by atomic mass is 35.5. The SMILES string of the molecule is C=c1/c(=C\C=N/C)c(NCCc2cccc(Cl)c2)nc2cc(C(=O)O)c#cc12. The molecule has 0 spiro atoms. The molecule has 0 aliphatic heterocycles. The van der Waals surface area contributed by atoms with E-state index in [4.69, 9.17) is 11.6 Å². The number of aliphatic imine (C=N–C) groups is 1. The monoisotopic (exact) mass is 391 g/mol. The maximum atomic E-state index is 11.2. The van der Waals surface area contributed by atoms with Crippen LogP contribution in [0.2, 0.25) is 5.02 Å². The van der Waals surface area contributed by atoms with Gasteiger partial charge in [0.1, 0.15) is 11.4 Å². The zero-order valence-corrected chi connectivity index (χ0v) is 16.0. The van der Waals surface area contributed by atoms with Crippen LogP contribution >= 0.6 is 11.6 Å². The molecular weight excluding hydrogens is 374 g/mol. The zero-order chi connectivity index (χ0) is 20.1. The number of pyridine rings is 1. The Morgan fingerprint density at radius 1 is 1.39 bits per heavy atom. The molecule has 0 saturated carbocycles. The van der Waals surface area contributed by atoms with Crippen molar-refractivity contribution >= 4 is 53.2 Å². The van der Waals surface area contributed by atoms with Crippen molar-refractivity contribution in [3.8, 4) is 0 Å². The lowest BCUT2D eigenvalue weighted by molar-refractivity contribution is 0.0697. The van der Waals surface area contributed by atoms with Gasteiger partial charge in [-0.05, 0) is 41.5 Å². The van der Waals surface area contributed by atoms with Crippen molar-refractivity contribution in [2.24, 2.45) is 4.99 Å². The number of rotatable bonds is 6. The summed E-state index contributed by atoms with van der Waals surface area (Å²) in [6.45, 7) is 4.75. The number of carbonyl (C=O) groups is 1. The number of fused-ring (bicyclic) bond motifs is 1. The summed E-state index contributed by atoms with van der Waals surface area (Å²) < 4.78 is 0. The molecule has 0 aliphatic rings. The fourth-order valence-corrected chi connectivity index (χ4v) is 3.02.